The summed E-state index contributed by atoms with van der Waals surface area (Å²) < 4.78 is 28.1. The predicted octanol–water partition coefficient (Wildman–Crippen LogP) is 3.77. The summed E-state index contributed by atoms with van der Waals surface area (Å²) in [6.07, 6.45) is 7.53. The summed E-state index contributed by atoms with van der Waals surface area (Å²) in [5, 5.41) is 18.8. The maximum atomic E-state index is 13.1. The number of hydrogen-bond donors (Lipinski definition) is 3. The van der Waals surface area contributed by atoms with Crippen LogP contribution in [0, 0.1) is 11.7 Å². The fourth-order valence-electron chi connectivity index (χ4n) is 3.99. The van der Waals surface area contributed by atoms with Gasteiger partial charge in [-0.1, -0.05) is 0 Å². The number of carbonyl (C=O) groups is 1. The Balaban J connectivity index is 1.40. The zero-order valence-electron chi connectivity index (χ0n) is 21.5. The third kappa shape index (κ3) is 5.68. The van der Waals surface area contributed by atoms with Gasteiger partial charge in [0.05, 0.1) is 23.4 Å². The Labute approximate surface area is 224 Å². The summed E-state index contributed by atoms with van der Waals surface area (Å²) in [4.78, 5) is 29.4. The molecule has 0 bridgehead atoms. The first kappa shape index (κ1) is 26.1. The van der Waals surface area contributed by atoms with E-state index in [4.69, 9.17) is 9.20 Å². The Morgan fingerprint density at radius 2 is 1.95 bits per heavy atom. The second-order valence-electron chi connectivity index (χ2n) is 9.50. The average molecular weight is 547 g/mol. The van der Waals surface area contributed by atoms with E-state index in [9.17, 15) is 14.1 Å². The number of oxazole rings is 1. The first-order chi connectivity index (χ1) is 18.5. The minimum absolute atomic E-state index is 0.0221. The number of hydrogen-bond acceptors (Lipinski definition) is 10. The number of benzene rings is 1. The van der Waals surface area contributed by atoms with Crippen LogP contribution in [-0.2, 0) is 21.9 Å². The van der Waals surface area contributed by atoms with E-state index in [1.807, 2.05) is 6.92 Å². The van der Waals surface area contributed by atoms with Crippen molar-refractivity contribution in [2.24, 2.45) is 0 Å². The Kier molecular flexibility index (Phi) is 6.70. The van der Waals surface area contributed by atoms with Gasteiger partial charge in [0.2, 0.25) is 11.0 Å². The summed E-state index contributed by atoms with van der Waals surface area (Å²) in [6.45, 7) is 5.25. The molecule has 0 saturated carbocycles. The maximum absolute atomic E-state index is 13.1. The number of aromatic nitrogens is 6. The molecule has 4 aromatic heterocycles. The van der Waals surface area contributed by atoms with Crippen LogP contribution in [0.3, 0.4) is 0 Å². The molecule has 3 N–H and O–H groups in total. The van der Waals surface area contributed by atoms with Crippen molar-refractivity contribution < 1.29 is 18.5 Å². The number of rotatable bonds is 8. The molecule has 12 nitrogen and oxygen atoms in total. The Morgan fingerprint density at radius 3 is 2.67 bits per heavy atom. The molecule has 0 radical (unpaired) electrons. The van der Waals surface area contributed by atoms with Gasteiger partial charge in [0.25, 0.3) is 5.91 Å². The van der Waals surface area contributed by atoms with Crippen molar-refractivity contribution in [2.75, 3.05) is 11.1 Å². The summed E-state index contributed by atoms with van der Waals surface area (Å²) in [6, 6.07) is 8.53. The number of aryl methyl sites for hydroxylation is 2. The normalized spacial score (nSPS) is 13.3. The Hall–Kier alpha value is -4.49. The number of nitrogens with zero attached hydrogens (tertiary/aromatic N) is 6. The third-order valence-corrected chi connectivity index (χ3v) is 7.48. The van der Waals surface area contributed by atoms with E-state index < -0.39 is 21.2 Å². The maximum Gasteiger partial charge on any atom is 0.277 e. The predicted molar refractivity (Wildman–Crippen MR) is 143 cm³/mol. The lowest BCUT2D eigenvalue weighted by atomic mass is 9.95. The highest BCUT2D eigenvalue weighted by Gasteiger charge is 2.24. The van der Waals surface area contributed by atoms with Crippen molar-refractivity contribution in [1.82, 2.24) is 29.7 Å². The van der Waals surface area contributed by atoms with E-state index in [1.165, 1.54) is 18.7 Å². The molecule has 200 valence electrons. The number of carbonyl (C=O) groups excluding carboxylic acids is 1. The van der Waals surface area contributed by atoms with E-state index in [1.54, 1.807) is 61.3 Å². The fourth-order valence-corrected chi connectivity index (χ4v) is 5.08. The highest BCUT2D eigenvalue weighted by molar-refractivity contribution is 7.92. The molecule has 5 rings (SSSR count). The van der Waals surface area contributed by atoms with Crippen molar-refractivity contribution in [1.29, 1.82) is 4.78 Å². The van der Waals surface area contributed by atoms with Crippen LogP contribution in [0.5, 0.6) is 0 Å². The van der Waals surface area contributed by atoms with Crippen molar-refractivity contribution in [3.05, 3.63) is 78.3 Å². The first-order valence-corrected chi connectivity index (χ1v) is 13.7. The molecule has 0 aliphatic rings. The number of fused-ring (bicyclic) bond motifs is 1. The summed E-state index contributed by atoms with van der Waals surface area (Å²) in [7, 11) is -3.20. The summed E-state index contributed by atoms with van der Waals surface area (Å²) in [5.74, 6) is -0.250. The van der Waals surface area contributed by atoms with E-state index in [2.05, 4.69) is 30.4 Å². The molecule has 39 heavy (non-hydrogen) atoms. The van der Waals surface area contributed by atoms with Gasteiger partial charge in [-0.05, 0) is 51.1 Å². The third-order valence-electron chi connectivity index (χ3n) is 5.92. The number of pyridine rings is 1. The minimum Gasteiger partial charge on any atom is -0.444 e. The van der Waals surface area contributed by atoms with Gasteiger partial charge in [-0.15, -0.1) is 0 Å². The molecule has 0 aliphatic heterocycles. The highest BCUT2D eigenvalue weighted by atomic mass is 32.2. The van der Waals surface area contributed by atoms with Crippen LogP contribution in [0.4, 0.5) is 5.69 Å². The molecule has 0 fully saturated rings. The van der Waals surface area contributed by atoms with E-state index in [0.29, 0.717) is 27.7 Å². The SMILES string of the molecule is Cc1cc(-c2nc(C(=O)Nc3cc4cn(CCS(=N)(=O)c5ncccn5)nc4cc3C(C)(C)O)co2)ccn1. The molecular weight excluding hydrogens is 520 g/mol. The number of anilines is 1. The van der Waals surface area contributed by atoms with Crippen molar-refractivity contribution in [3.63, 3.8) is 0 Å². The number of amides is 1. The van der Waals surface area contributed by atoms with Gasteiger partial charge < -0.3 is 14.8 Å². The molecule has 13 heteroatoms. The van der Waals surface area contributed by atoms with Gasteiger partial charge in [0, 0.05) is 52.7 Å². The highest BCUT2D eigenvalue weighted by Crippen LogP contribution is 2.32. The van der Waals surface area contributed by atoms with Crippen LogP contribution in [-0.4, -0.2) is 50.7 Å². The molecule has 4 heterocycles. The summed E-state index contributed by atoms with van der Waals surface area (Å²) >= 11 is 0. The molecule has 0 spiro atoms. The van der Waals surface area contributed by atoms with Crippen LogP contribution < -0.4 is 5.32 Å². The molecule has 5 aromatic rings. The molecule has 1 atom stereocenters. The van der Waals surface area contributed by atoms with E-state index >= 15 is 0 Å². The zero-order chi connectivity index (χ0) is 27.8. The first-order valence-electron chi connectivity index (χ1n) is 12.0. The van der Waals surface area contributed by atoms with Crippen molar-refractivity contribution in [2.45, 2.75) is 38.1 Å². The van der Waals surface area contributed by atoms with E-state index in [-0.39, 0.29) is 29.0 Å². The van der Waals surface area contributed by atoms with Crippen molar-refractivity contribution in [3.8, 4) is 11.5 Å². The van der Waals surface area contributed by atoms with Gasteiger partial charge in [0.1, 0.15) is 16.0 Å². The van der Waals surface area contributed by atoms with Gasteiger partial charge in [0.15, 0.2) is 5.69 Å². The second-order valence-corrected chi connectivity index (χ2v) is 11.6. The molecule has 1 aromatic carbocycles. The Morgan fingerprint density at radius 1 is 1.18 bits per heavy atom. The average Bonchev–Trinajstić information content (AvgIpc) is 3.54. The molecular formula is C26H26N8O4S. The summed E-state index contributed by atoms with van der Waals surface area (Å²) in [5.41, 5.74) is 1.65. The van der Waals surface area contributed by atoms with Gasteiger partial charge in [-0.25, -0.2) is 23.9 Å². The zero-order valence-corrected chi connectivity index (χ0v) is 22.3. The van der Waals surface area contributed by atoms with Gasteiger partial charge in [-0.2, -0.15) is 5.10 Å². The Bertz CT molecular complexity index is 1770. The number of aliphatic hydroxyl groups is 1. The topological polar surface area (TPSA) is 173 Å². The van der Waals surface area contributed by atoms with Crippen LogP contribution in [0.1, 0.15) is 35.6 Å². The smallest absolute Gasteiger partial charge is 0.277 e. The molecule has 1 unspecified atom stereocenters. The largest absolute Gasteiger partial charge is 0.444 e. The second kappa shape index (κ2) is 10.0. The molecule has 0 saturated heterocycles. The van der Waals surface area contributed by atoms with Gasteiger partial charge in [-0.3, -0.25) is 14.5 Å². The molecule has 1 amide bonds. The number of nitrogens with one attached hydrogen (secondary N) is 2. The van der Waals surface area contributed by atoms with Crippen LogP contribution in [0.2, 0.25) is 0 Å². The lowest BCUT2D eigenvalue weighted by Gasteiger charge is -2.21. The minimum atomic E-state index is -3.20. The lowest BCUT2D eigenvalue weighted by molar-refractivity contribution is 0.0793. The standard InChI is InChI=1S/C26H26N8O4S/c1-16-11-17(5-8-28-16)24-32-22(15-38-24)23(35)31-21-12-18-14-34(33-20(18)13-19(21)26(2,3)36)9-10-39(27,37)25-29-6-4-7-30-25/h4-8,11-15,27,36H,9-10H2,1-3H3,(H,31,35). The molecule has 0 aliphatic carbocycles. The lowest BCUT2D eigenvalue weighted by Crippen LogP contribution is -2.21. The quantitative estimate of drug-likeness (QED) is 0.245. The van der Waals surface area contributed by atoms with Crippen LogP contribution in [0.15, 0.2) is 71.0 Å². The van der Waals surface area contributed by atoms with Crippen molar-refractivity contribution >= 4 is 32.2 Å². The van der Waals surface area contributed by atoms with E-state index in [0.717, 1.165) is 5.69 Å². The van der Waals surface area contributed by atoms with Crippen LogP contribution >= 0.6 is 0 Å². The van der Waals surface area contributed by atoms with Gasteiger partial charge >= 0.3 is 0 Å². The fraction of sp³-hybridized carbons (Fsp3) is 0.231. The van der Waals surface area contributed by atoms with Crippen LogP contribution in [0.25, 0.3) is 22.4 Å². The monoisotopic (exact) mass is 546 g/mol.